The third-order valence-corrected chi connectivity index (χ3v) is 10.6. The Morgan fingerprint density at radius 2 is 1.40 bits per heavy atom. The number of nitrogens with zero attached hydrogens (tertiary/aromatic N) is 1. The van der Waals surface area contributed by atoms with Crippen molar-refractivity contribution in [2.45, 2.75) is 50.5 Å². The summed E-state index contributed by atoms with van der Waals surface area (Å²) >= 11 is 0. The maximum absolute atomic E-state index is 11.5. The Morgan fingerprint density at radius 3 is 2.13 bits per heavy atom. The number of carboxylic acids is 1. The van der Waals surface area contributed by atoms with E-state index >= 15 is 0 Å². The number of aliphatic carboxylic acids is 1. The lowest BCUT2D eigenvalue weighted by molar-refractivity contribution is -0.827. The highest BCUT2D eigenvalue weighted by Gasteiger charge is 2.51. The Kier molecular flexibility index (Phi) is 7.85. The van der Waals surface area contributed by atoms with Gasteiger partial charge in [0.15, 0.2) is 0 Å². The molecule has 0 fully saturated rings. The molecule has 7 rings (SSSR count). The average molecular weight is 620 g/mol. The van der Waals surface area contributed by atoms with Crippen LogP contribution in [-0.2, 0) is 22.0 Å². The van der Waals surface area contributed by atoms with Gasteiger partial charge in [0.1, 0.15) is 11.7 Å². The van der Waals surface area contributed by atoms with Crippen molar-refractivity contribution in [2.75, 3.05) is 18.5 Å². The van der Waals surface area contributed by atoms with E-state index in [0.29, 0.717) is 6.54 Å². The summed E-state index contributed by atoms with van der Waals surface area (Å²) in [4.78, 5) is 15.1. The number of quaternary nitrogens is 1. The van der Waals surface area contributed by atoms with Crippen LogP contribution in [0.4, 0.5) is 11.4 Å². The molecule has 3 atom stereocenters. The lowest BCUT2D eigenvalue weighted by Crippen LogP contribution is -3.07. The second-order valence-electron chi connectivity index (χ2n) is 13.8. The van der Waals surface area contributed by atoms with E-state index < -0.39 is 5.97 Å². The van der Waals surface area contributed by atoms with Crippen molar-refractivity contribution < 1.29 is 14.8 Å². The minimum atomic E-state index is -0.784. The zero-order valence-electron chi connectivity index (χ0n) is 27.7. The smallest absolute Gasteiger partial charge is 0.305 e. The van der Waals surface area contributed by atoms with Crippen molar-refractivity contribution in [3.05, 3.63) is 156 Å². The maximum Gasteiger partial charge on any atom is 0.305 e. The van der Waals surface area contributed by atoms with E-state index in [9.17, 15) is 9.90 Å². The van der Waals surface area contributed by atoms with Gasteiger partial charge in [-0.3, -0.25) is 9.69 Å². The van der Waals surface area contributed by atoms with E-state index in [1.165, 1.54) is 48.8 Å². The molecule has 0 aliphatic carbocycles. The van der Waals surface area contributed by atoms with E-state index in [4.69, 9.17) is 0 Å². The maximum atomic E-state index is 11.5. The lowest BCUT2D eigenvalue weighted by atomic mass is 9.71. The molecule has 0 aromatic heterocycles. The summed E-state index contributed by atoms with van der Waals surface area (Å²) in [6, 6.07) is 37.3. The highest BCUT2D eigenvalue weighted by molar-refractivity contribution is 6.14. The van der Waals surface area contributed by atoms with Crippen LogP contribution in [0, 0.1) is 0 Å². The standard InChI is InChI=1S/C43H42N2O2/c1-42(2)35-23-15-16-24-36(35)45(28-27-39(46)47)37(42)25-9-6-10-26-38-43(3,29-30-17-7-5-8-18-30)40-33-21-13-11-19-31(33)32-20-12-14-22-34(32)41(40)44(38)4/h5-26,38H,27-29H2,1-4H3,(H,46,47)/p+1/b9-6+,26-10+,37-25-. The first-order chi connectivity index (χ1) is 22.7. The molecule has 0 bridgehead atoms. The Hall–Kier alpha value is -4.93. The monoisotopic (exact) mass is 619 g/mol. The molecule has 3 unspecified atom stereocenters. The van der Waals surface area contributed by atoms with Crippen molar-refractivity contribution in [3.63, 3.8) is 0 Å². The van der Waals surface area contributed by atoms with Gasteiger partial charge >= 0.3 is 5.97 Å². The van der Waals surface area contributed by atoms with Gasteiger partial charge in [-0.15, -0.1) is 0 Å². The molecule has 2 aliphatic rings. The topological polar surface area (TPSA) is 45.0 Å². The minimum absolute atomic E-state index is 0.0894. The van der Waals surface area contributed by atoms with Crippen LogP contribution in [0.2, 0.25) is 0 Å². The number of carbonyl (C=O) groups is 1. The van der Waals surface area contributed by atoms with Gasteiger partial charge in [0.05, 0.1) is 18.9 Å². The quantitative estimate of drug-likeness (QED) is 0.136. The van der Waals surface area contributed by atoms with Gasteiger partial charge in [0, 0.05) is 34.3 Å². The fraction of sp³-hybridized carbons (Fsp3) is 0.233. The minimum Gasteiger partial charge on any atom is -0.481 e. The number of rotatable bonds is 8. The lowest BCUT2D eigenvalue weighted by Gasteiger charge is -2.30. The van der Waals surface area contributed by atoms with E-state index in [2.05, 4.69) is 160 Å². The van der Waals surface area contributed by atoms with Crippen molar-refractivity contribution >= 4 is 38.9 Å². The van der Waals surface area contributed by atoms with Gasteiger partial charge < -0.3 is 10.0 Å². The Balaban J connectivity index is 1.28. The second-order valence-corrected chi connectivity index (χ2v) is 13.8. The molecule has 2 heterocycles. The summed E-state index contributed by atoms with van der Waals surface area (Å²) in [5, 5.41) is 14.8. The van der Waals surface area contributed by atoms with Crippen LogP contribution in [0.25, 0.3) is 21.5 Å². The summed E-state index contributed by atoms with van der Waals surface area (Å²) in [5.41, 5.74) is 7.27. The highest BCUT2D eigenvalue weighted by Crippen LogP contribution is 2.49. The number of hydrogen-bond acceptors (Lipinski definition) is 2. The molecule has 0 saturated carbocycles. The summed E-state index contributed by atoms with van der Waals surface area (Å²) in [7, 11) is 2.33. The normalized spacial score (nSPS) is 22.6. The largest absolute Gasteiger partial charge is 0.481 e. The molecule has 4 heteroatoms. The van der Waals surface area contributed by atoms with Crippen molar-refractivity contribution in [1.82, 2.24) is 0 Å². The first-order valence-electron chi connectivity index (χ1n) is 16.7. The van der Waals surface area contributed by atoms with E-state index in [0.717, 1.165) is 17.8 Å². The van der Waals surface area contributed by atoms with Crippen LogP contribution in [-0.4, -0.2) is 30.7 Å². The third-order valence-electron chi connectivity index (χ3n) is 10.6. The number of benzene rings is 5. The van der Waals surface area contributed by atoms with E-state index in [-0.39, 0.29) is 23.3 Å². The van der Waals surface area contributed by atoms with Crippen molar-refractivity contribution in [3.8, 4) is 0 Å². The average Bonchev–Trinajstić information content (AvgIpc) is 3.43. The molecule has 4 nitrogen and oxygen atoms in total. The molecule has 0 saturated heterocycles. The predicted octanol–water partition coefficient (Wildman–Crippen LogP) is 8.29. The van der Waals surface area contributed by atoms with Crippen LogP contribution < -0.4 is 9.80 Å². The Bertz CT molecular complexity index is 2070. The van der Waals surface area contributed by atoms with Gasteiger partial charge in [-0.05, 0) is 64.9 Å². The third kappa shape index (κ3) is 5.17. The number of anilines is 1. The molecule has 0 radical (unpaired) electrons. The molecule has 2 N–H and O–H groups in total. The van der Waals surface area contributed by atoms with E-state index in [1.54, 1.807) is 0 Å². The van der Waals surface area contributed by atoms with Crippen LogP contribution >= 0.6 is 0 Å². The highest BCUT2D eigenvalue weighted by atomic mass is 16.4. The molecule has 5 aromatic rings. The van der Waals surface area contributed by atoms with Crippen LogP contribution in [0.3, 0.4) is 0 Å². The molecule has 5 aromatic carbocycles. The zero-order valence-corrected chi connectivity index (χ0v) is 27.7. The van der Waals surface area contributed by atoms with Gasteiger partial charge in [0.2, 0.25) is 0 Å². The molecular formula is C43H43N2O2+. The number of hydrogen-bond donors (Lipinski definition) is 2. The first kappa shape index (κ1) is 30.7. The molecule has 0 spiro atoms. The summed E-state index contributed by atoms with van der Waals surface area (Å²) < 4.78 is 0. The Labute approximate surface area is 278 Å². The SMILES string of the molecule is C[NH+]1c2c(c3ccccc3c3ccccc23)C(C)(Cc2ccccc2)C1/C=C/C=C/C=C1\N(CCC(=O)O)c2ccccc2C1(C)C. The van der Waals surface area contributed by atoms with Crippen LogP contribution in [0.5, 0.6) is 0 Å². The molecule has 47 heavy (non-hydrogen) atoms. The fourth-order valence-electron chi connectivity index (χ4n) is 8.48. The van der Waals surface area contributed by atoms with Crippen LogP contribution in [0.15, 0.2) is 139 Å². The van der Waals surface area contributed by atoms with Crippen LogP contribution in [0.1, 0.15) is 43.9 Å². The Morgan fingerprint density at radius 1 is 0.787 bits per heavy atom. The molecule has 2 aliphatic heterocycles. The number of likely N-dealkylation sites (N-methyl/N-ethyl adjacent to an activating group) is 1. The molecular weight excluding hydrogens is 576 g/mol. The molecule has 236 valence electrons. The molecule has 0 amide bonds. The summed E-state index contributed by atoms with van der Waals surface area (Å²) in [5.74, 6) is -0.784. The fourth-order valence-corrected chi connectivity index (χ4v) is 8.48. The number of nitrogens with one attached hydrogen (secondary N) is 1. The summed E-state index contributed by atoms with van der Waals surface area (Å²) in [6.45, 7) is 7.34. The van der Waals surface area contributed by atoms with E-state index in [1.807, 2.05) is 6.07 Å². The van der Waals surface area contributed by atoms with Crippen molar-refractivity contribution in [1.29, 1.82) is 0 Å². The number of carboxylic acid groups (broad SMARTS) is 1. The van der Waals surface area contributed by atoms with Crippen molar-refractivity contribution in [2.24, 2.45) is 0 Å². The zero-order chi connectivity index (χ0) is 32.8. The number of para-hydroxylation sites is 1. The van der Waals surface area contributed by atoms with Gasteiger partial charge in [-0.2, -0.15) is 0 Å². The summed E-state index contributed by atoms with van der Waals surface area (Å²) in [6.07, 6.45) is 12.0. The van der Waals surface area contributed by atoms with Gasteiger partial charge in [0.25, 0.3) is 0 Å². The van der Waals surface area contributed by atoms with Gasteiger partial charge in [-0.1, -0.05) is 123 Å². The predicted molar refractivity (Wildman–Crippen MR) is 195 cm³/mol. The number of fused-ring (bicyclic) bond motifs is 7. The first-order valence-corrected chi connectivity index (χ1v) is 16.7. The van der Waals surface area contributed by atoms with Gasteiger partial charge in [-0.25, -0.2) is 0 Å². The number of allylic oxidation sites excluding steroid dienone is 5. The second kappa shape index (κ2) is 12.0.